The zero-order chi connectivity index (χ0) is 17.6. The first kappa shape index (κ1) is 17.7. The van der Waals surface area contributed by atoms with Crippen LogP contribution in [0.25, 0.3) is 0 Å². The Labute approximate surface area is 149 Å². The summed E-state index contributed by atoms with van der Waals surface area (Å²) in [4.78, 5) is 30.6. The average Bonchev–Trinajstić information content (AvgIpc) is 3.45. The van der Waals surface area contributed by atoms with E-state index in [2.05, 4.69) is 15.6 Å². The van der Waals surface area contributed by atoms with Crippen molar-refractivity contribution >= 4 is 17.6 Å². The van der Waals surface area contributed by atoms with Gasteiger partial charge in [0, 0.05) is 38.3 Å². The maximum atomic E-state index is 12.7. The molecule has 136 valence electrons. The summed E-state index contributed by atoms with van der Waals surface area (Å²) in [6.45, 7) is 4.14. The van der Waals surface area contributed by atoms with Crippen LogP contribution in [0.1, 0.15) is 55.8 Å². The molecule has 1 atom stereocenters. The van der Waals surface area contributed by atoms with Crippen LogP contribution >= 0.6 is 0 Å². The second-order valence-electron chi connectivity index (χ2n) is 7.16. The Morgan fingerprint density at radius 2 is 2.12 bits per heavy atom. The summed E-state index contributed by atoms with van der Waals surface area (Å²) in [5.74, 6) is 1.32. The number of amides is 2. The normalized spacial score (nSPS) is 20.2. The van der Waals surface area contributed by atoms with Crippen molar-refractivity contribution in [3.63, 3.8) is 0 Å². The summed E-state index contributed by atoms with van der Waals surface area (Å²) in [5.41, 5.74) is 0.636. The topological polar surface area (TPSA) is 74.3 Å². The number of hydrogen-bond donors (Lipinski definition) is 2. The van der Waals surface area contributed by atoms with Crippen LogP contribution in [0.15, 0.2) is 18.3 Å². The molecule has 25 heavy (non-hydrogen) atoms. The largest absolute Gasteiger partial charge is 0.367 e. The van der Waals surface area contributed by atoms with Crippen molar-refractivity contribution in [2.24, 2.45) is 5.92 Å². The predicted octanol–water partition coefficient (Wildman–Crippen LogP) is 2.42. The molecule has 1 aromatic rings. The van der Waals surface area contributed by atoms with Crippen molar-refractivity contribution in [3.8, 4) is 0 Å². The lowest BCUT2D eigenvalue weighted by molar-refractivity contribution is -0.121. The fourth-order valence-electron chi connectivity index (χ4n) is 3.21. The summed E-state index contributed by atoms with van der Waals surface area (Å²) in [6.07, 6.45) is 7.54. The van der Waals surface area contributed by atoms with Gasteiger partial charge in [-0.25, -0.2) is 4.98 Å². The second kappa shape index (κ2) is 8.32. The van der Waals surface area contributed by atoms with Gasteiger partial charge in [-0.1, -0.05) is 6.92 Å². The minimum atomic E-state index is 0.0371. The van der Waals surface area contributed by atoms with Crippen LogP contribution in [0.5, 0.6) is 0 Å². The van der Waals surface area contributed by atoms with Gasteiger partial charge in [0.05, 0.1) is 5.56 Å². The van der Waals surface area contributed by atoms with Crippen molar-refractivity contribution < 1.29 is 9.59 Å². The monoisotopic (exact) mass is 344 g/mol. The molecular weight excluding hydrogens is 316 g/mol. The number of carbonyl (C=O) groups excluding carboxylic acids is 2. The number of piperidine rings is 1. The molecule has 0 unspecified atom stereocenters. The van der Waals surface area contributed by atoms with Gasteiger partial charge in [0.25, 0.3) is 5.91 Å². The number of nitrogens with zero attached hydrogens (tertiary/aromatic N) is 2. The Morgan fingerprint density at radius 3 is 2.80 bits per heavy atom. The van der Waals surface area contributed by atoms with Gasteiger partial charge in [-0.05, 0) is 50.2 Å². The molecule has 2 aliphatic rings. The second-order valence-corrected chi connectivity index (χ2v) is 7.16. The third-order valence-electron chi connectivity index (χ3n) is 4.81. The Balaban J connectivity index is 1.51. The van der Waals surface area contributed by atoms with Gasteiger partial charge < -0.3 is 15.5 Å². The maximum absolute atomic E-state index is 12.7. The highest BCUT2D eigenvalue weighted by Crippen LogP contribution is 2.24. The van der Waals surface area contributed by atoms with Gasteiger partial charge in [-0.3, -0.25) is 9.59 Å². The van der Waals surface area contributed by atoms with Crippen molar-refractivity contribution in [3.05, 3.63) is 23.9 Å². The fourth-order valence-corrected chi connectivity index (χ4v) is 3.21. The lowest BCUT2D eigenvalue weighted by Crippen LogP contribution is -2.43. The maximum Gasteiger partial charge on any atom is 0.255 e. The molecule has 6 heteroatoms. The van der Waals surface area contributed by atoms with Crippen LogP contribution < -0.4 is 10.6 Å². The number of aromatic nitrogens is 1. The van der Waals surface area contributed by atoms with E-state index >= 15 is 0 Å². The van der Waals surface area contributed by atoms with Crippen LogP contribution in [-0.2, 0) is 4.79 Å². The van der Waals surface area contributed by atoms with Crippen molar-refractivity contribution in [2.75, 3.05) is 25.0 Å². The quantitative estimate of drug-likeness (QED) is 0.797. The lowest BCUT2D eigenvalue weighted by Gasteiger charge is -2.33. The van der Waals surface area contributed by atoms with Crippen molar-refractivity contribution in [2.45, 2.75) is 51.5 Å². The van der Waals surface area contributed by atoms with Gasteiger partial charge in [-0.15, -0.1) is 0 Å². The van der Waals surface area contributed by atoms with E-state index in [9.17, 15) is 9.59 Å². The molecular formula is C19H28N4O2. The Kier molecular flexibility index (Phi) is 5.89. The molecule has 0 aromatic carbocycles. The number of nitrogens with one attached hydrogen (secondary N) is 2. The van der Waals surface area contributed by atoms with Crippen molar-refractivity contribution in [1.29, 1.82) is 0 Å². The summed E-state index contributed by atoms with van der Waals surface area (Å²) >= 11 is 0. The molecule has 1 saturated carbocycles. The summed E-state index contributed by atoms with van der Waals surface area (Å²) in [6, 6.07) is 4.30. The van der Waals surface area contributed by atoms with Gasteiger partial charge in [0.15, 0.2) is 0 Å². The lowest BCUT2D eigenvalue weighted by atomic mass is 9.97. The molecule has 2 N–H and O–H groups in total. The zero-order valence-electron chi connectivity index (χ0n) is 15.0. The fraction of sp³-hybridized carbons (Fsp3) is 0.632. The molecule has 2 heterocycles. The molecule has 2 fully saturated rings. The smallest absolute Gasteiger partial charge is 0.255 e. The van der Waals surface area contributed by atoms with E-state index in [1.54, 1.807) is 6.20 Å². The van der Waals surface area contributed by atoms with Gasteiger partial charge >= 0.3 is 0 Å². The minimum Gasteiger partial charge on any atom is -0.367 e. The zero-order valence-corrected chi connectivity index (χ0v) is 15.0. The van der Waals surface area contributed by atoms with Crippen LogP contribution in [0.3, 0.4) is 0 Å². The number of anilines is 1. The van der Waals surface area contributed by atoms with E-state index < -0.39 is 0 Å². The number of hydrogen-bond acceptors (Lipinski definition) is 4. The molecule has 0 bridgehead atoms. The molecule has 0 radical (unpaired) electrons. The third kappa shape index (κ3) is 5.18. The molecule has 1 aliphatic carbocycles. The number of likely N-dealkylation sites (tertiary alicyclic amines) is 1. The molecule has 0 spiro atoms. The number of carbonyl (C=O) groups is 2. The molecule has 1 aromatic heterocycles. The standard InChI is InChI=1S/C19H28N4O2/c1-2-4-18(24)21-11-14-5-3-10-23(13-14)19(25)15-6-9-17(20-12-15)22-16-7-8-16/h6,9,12,14,16H,2-5,7-8,10-11,13H2,1H3,(H,20,22)(H,21,24)/t14-/m1/s1. The Hall–Kier alpha value is -2.11. The molecule has 6 nitrogen and oxygen atoms in total. The summed E-state index contributed by atoms with van der Waals surface area (Å²) in [7, 11) is 0. The highest BCUT2D eigenvalue weighted by atomic mass is 16.2. The average molecular weight is 344 g/mol. The van der Waals surface area contributed by atoms with E-state index in [1.165, 1.54) is 12.8 Å². The molecule has 1 saturated heterocycles. The van der Waals surface area contributed by atoms with E-state index in [-0.39, 0.29) is 11.8 Å². The Bertz CT molecular complexity index is 598. The first-order valence-electron chi connectivity index (χ1n) is 9.44. The van der Waals surface area contributed by atoms with E-state index in [0.29, 0.717) is 37.0 Å². The molecule has 2 amide bonds. The van der Waals surface area contributed by atoms with Gasteiger partial charge in [0.2, 0.25) is 5.91 Å². The minimum absolute atomic E-state index is 0.0371. The highest BCUT2D eigenvalue weighted by Gasteiger charge is 2.25. The third-order valence-corrected chi connectivity index (χ3v) is 4.81. The van der Waals surface area contributed by atoms with Crippen molar-refractivity contribution in [1.82, 2.24) is 15.2 Å². The van der Waals surface area contributed by atoms with Crippen LogP contribution in [0.2, 0.25) is 0 Å². The first-order chi connectivity index (χ1) is 12.2. The molecule has 3 rings (SSSR count). The Morgan fingerprint density at radius 1 is 1.28 bits per heavy atom. The van der Waals surface area contributed by atoms with E-state index in [1.807, 2.05) is 24.0 Å². The van der Waals surface area contributed by atoms with Gasteiger partial charge in [0.1, 0.15) is 5.82 Å². The molecule has 1 aliphatic heterocycles. The van der Waals surface area contributed by atoms with Crippen LogP contribution in [-0.4, -0.2) is 47.4 Å². The SMILES string of the molecule is CCCC(=O)NC[C@H]1CCCN(C(=O)c2ccc(NC3CC3)nc2)C1. The summed E-state index contributed by atoms with van der Waals surface area (Å²) < 4.78 is 0. The number of pyridine rings is 1. The van der Waals surface area contributed by atoms with Crippen LogP contribution in [0.4, 0.5) is 5.82 Å². The van der Waals surface area contributed by atoms with E-state index in [0.717, 1.165) is 31.6 Å². The highest BCUT2D eigenvalue weighted by molar-refractivity contribution is 5.94. The number of rotatable bonds is 7. The van der Waals surface area contributed by atoms with Crippen LogP contribution in [0, 0.1) is 5.92 Å². The predicted molar refractivity (Wildman–Crippen MR) is 97.4 cm³/mol. The first-order valence-corrected chi connectivity index (χ1v) is 9.44. The van der Waals surface area contributed by atoms with Gasteiger partial charge in [-0.2, -0.15) is 0 Å². The summed E-state index contributed by atoms with van der Waals surface area (Å²) in [5, 5.41) is 6.32. The van der Waals surface area contributed by atoms with E-state index in [4.69, 9.17) is 0 Å².